The van der Waals surface area contributed by atoms with Gasteiger partial charge in [-0.05, 0) is 45.4 Å². The number of hydrogen-bond donors (Lipinski definition) is 1. The summed E-state index contributed by atoms with van der Waals surface area (Å²) in [7, 11) is 1.66. The number of methoxy groups -OCH3 is 1. The van der Waals surface area contributed by atoms with Gasteiger partial charge in [-0.3, -0.25) is 0 Å². The quantitative estimate of drug-likeness (QED) is 0.771. The molecule has 2 saturated carbocycles. The highest BCUT2D eigenvalue weighted by Gasteiger charge is 2.41. The number of hydrogen-bond acceptors (Lipinski definition) is 2. The van der Waals surface area contributed by atoms with Crippen molar-refractivity contribution in [2.24, 2.45) is 5.92 Å². The highest BCUT2D eigenvalue weighted by Crippen LogP contribution is 2.39. The summed E-state index contributed by atoms with van der Waals surface area (Å²) in [6.45, 7) is 4.74. The van der Waals surface area contributed by atoms with Crippen LogP contribution >= 0.6 is 0 Å². The lowest BCUT2D eigenvalue weighted by Crippen LogP contribution is -2.50. The van der Waals surface area contributed by atoms with Gasteiger partial charge in [0.25, 0.3) is 0 Å². The molecule has 4 nitrogen and oxygen atoms in total. The van der Waals surface area contributed by atoms with E-state index in [1.807, 2.05) is 6.92 Å². The molecule has 2 aliphatic rings. The minimum atomic E-state index is 0.0835. The SMILES string of the molecule is COC[C@@H](C)NC(=O)N(C1CC1)[C@@H](C)C1CC1. The van der Waals surface area contributed by atoms with Crippen LogP contribution in [0.1, 0.15) is 39.5 Å². The van der Waals surface area contributed by atoms with Gasteiger partial charge in [0.2, 0.25) is 0 Å². The Kier molecular flexibility index (Phi) is 3.92. The van der Waals surface area contributed by atoms with Crippen molar-refractivity contribution in [3.63, 3.8) is 0 Å². The molecule has 17 heavy (non-hydrogen) atoms. The second-order valence-electron chi connectivity index (χ2n) is 5.52. The Balaban J connectivity index is 1.88. The molecule has 0 aliphatic heterocycles. The summed E-state index contributed by atoms with van der Waals surface area (Å²) in [5.41, 5.74) is 0. The molecule has 2 rings (SSSR count). The molecule has 2 aliphatic carbocycles. The third kappa shape index (κ3) is 3.35. The van der Waals surface area contributed by atoms with Crippen LogP contribution in [0.2, 0.25) is 0 Å². The predicted molar refractivity (Wildman–Crippen MR) is 66.9 cm³/mol. The number of urea groups is 1. The first kappa shape index (κ1) is 12.7. The second kappa shape index (κ2) is 5.25. The number of rotatable bonds is 6. The molecular weight excluding hydrogens is 216 g/mol. The summed E-state index contributed by atoms with van der Waals surface area (Å²) in [5, 5.41) is 3.03. The molecule has 0 spiro atoms. The fourth-order valence-corrected chi connectivity index (χ4v) is 2.42. The predicted octanol–water partition coefficient (Wildman–Crippen LogP) is 1.99. The van der Waals surface area contributed by atoms with Gasteiger partial charge in [0.1, 0.15) is 0 Å². The van der Waals surface area contributed by atoms with Crippen molar-refractivity contribution in [2.45, 2.75) is 57.7 Å². The Labute approximate surface area is 104 Å². The molecule has 0 aromatic carbocycles. The highest BCUT2D eigenvalue weighted by atomic mass is 16.5. The van der Waals surface area contributed by atoms with Crippen molar-refractivity contribution in [1.82, 2.24) is 10.2 Å². The van der Waals surface area contributed by atoms with E-state index in [0.717, 1.165) is 5.92 Å². The van der Waals surface area contributed by atoms with E-state index in [4.69, 9.17) is 4.74 Å². The number of carbonyl (C=O) groups is 1. The van der Waals surface area contributed by atoms with Crippen molar-refractivity contribution in [3.05, 3.63) is 0 Å². The van der Waals surface area contributed by atoms with Gasteiger partial charge in [0.15, 0.2) is 0 Å². The van der Waals surface area contributed by atoms with Crippen molar-refractivity contribution in [2.75, 3.05) is 13.7 Å². The lowest BCUT2D eigenvalue weighted by Gasteiger charge is -2.31. The van der Waals surface area contributed by atoms with Crippen LogP contribution in [0.5, 0.6) is 0 Å². The van der Waals surface area contributed by atoms with Crippen LogP contribution in [0.4, 0.5) is 4.79 Å². The van der Waals surface area contributed by atoms with Crippen molar-refractivity contribution in [3.8, 4) is 0 Å². The zero-order chi connectivity index (χ0) is 12.4. The van der Waals surface area contributed by atoms with E-state index < -0.39 is 0 Å². The molecule has 1 N–H and O–H groups in total. The van der Waals surface area contributed by atoms with Crippen LogP contribution in [-0.2, 0) is 4.74 Å². The van der Waals surface area contributed by atoms with Crippen LogP contribution in [0.15, 0.2) is 0 Å². The minimum absolute atomic E-state index is 0.0835. The van der Waals surface area contributed by atoms with Gasteiger partial charge in [-0.15, -0.1) is 0 Å². The first-order chi connectivity index (χ1) is 8.13. The molecule has 2 amide bonds. The van der Waals surface area contributed by atoms with E-state index in [-0.39, 0.29) is 12.1 Å². The topological polar surface area (TPSA) is 41.6 Å². The van der Waals surface area contributed by atoms with Gasteiger partial charge in [-0.1, -0.05) is 0 Å². The first-order valence-electron chi connectivity index (χ1n) is 6.71. The van der Waals surface area contributed by atoms with Crippen molar-refractivity contribution < 1.29 is 9.53 Å². The Bertz CT molecular complexity index is 275. The Morgan fingerprint density at radius 3 is 2.47 bits per heavy atom. The number of carbonyl (C=O) groups excluding carboxylic acids is 1. The molecule has 2 fully saturated rings. The molecule has 98 valence electrons. The smallest absolute Gasteiger partial charge is 0.318 e. The van der Waals surface area contributed by atoms with Crippen LogP contribution in [0.25, 0.3) is 0 Å². The van der Waals surface area contributed by atoms with E-state index in [2.05, 4.69) is 17.1 Å². The maximum Gasteiger partial charge on any atom is 0.318 e. The maximum atomic E-state index is 12.2. The summed E-state index contributed by atoms with van der Waals surface area (Å²) < 4.78 is 5.05. The number of nitrogens with zero attached hydrogens (tertiary/aromatic N) is 1. The fourth-order valence-electron chi connectivity index (χ4n) is 2.42. The van der Waals surface area contributed by atoms with Crippen molar-refractivity contribution in [1.29, 1.82) is 0 Å². The molecular formula is C13H24N2O2. The molecule has 4 heteroatoms. The molecule has 0 unspecified atom stereocenters. The summed E-state index contributed by atoms with van der Waals surface area (Å²) in [6, 6.07) is 1.06. The van der Waals surface area contributed by atoms with Gasteiger partial charge in [-0.25, -0.2) is 4.79 Å². The number of nitrogens with one attached hydrogen (secondary N) is 1. The minimum Gasteiger partial charge on any atom is -0.383 e. The zero-order valence-corrected chi connectivity index (χ0v) is 11.1. The zero-order valence-electron chi connectivity index (χ0n) is 11.1. The standard InChI is InChI=1S/C13H24N2O2/c1-9(8-17-3)14-13(16)15(12-6-7-12)10(2)11-4-5-11/h9-12H,4-8H2,1-3H3,(H,14,16)/t9-,10+/m1/s1. The molecule has 0 aromatic rings. The third-order valence-electron chi connectivity index (χ3n) is 3.70. The monoisotopic (exact) mass is 240 g/mol. The Morgan fingerprint density at radius 2 is 2.00 bits per heavy atom. The molecule has 2 atom stereocenters. The van der Waals surface area contributed by atoms with E-state index in [1.54, 1.807) is 7.11 Å². The second-order valence-corrected chi connectivity index (χ2v) is 5.52. The molecule has 0 aromatic heterocycles. The Morgan fingerprint density at radius 1 is 1.35 bits per heavy atom. The molecule has 0 bridgehead atoms. The molecule has 0 radical (unpaired) electrons. The van der Waals surface area contributed by atoms with Crippen LogP contribution in [0, 0.1) is 5.92 Å². The normalized spacial score (nSPS) is 23.0. The summed E-state index contributed by atoms with van der Waals surface area (Å²) in [4.78, 5) is 14.3. The average molecular weight is 240 g/mol. The Hall–Kier alpha value is -0.770. The van der Waals surface area contributed by atoms with Gasteiger partial charge >= 0.3 is 6.03 Å². The van der Waals surface area contributed by atoms with Crippen LogP contribution < -0.4 is 5.32 Å². The van der Waals surface area contributed by atoms with Gasteiger partial charge in [-0.2, -0.15) is 0 Å². The van der Waals surface area contributed by atoms with Gasteiger partial charge < -0.3 is 15.0 Å². The summed E-state index contributed by atoms with van der Waals surface area (Å²) >= 11 is 0. The van der Waals surface area contributed by atoms with E-state index in [1.165, 1.54) is 25.7 Å². The summed E-state index contributed by atoms with van der Waals surface area (Å²) in [6.07, 6.45) is 4.91. The van der Waals surface area contributed by atoms with Gasteiger partial charge in [0, 0.05) is 19.2 Å². The highest BCUT2D eigenvalue weighted by molar-refractivity contribution is 5.75. The molecule has 0 heterocycles. The lowest BCUT2D eigenvalue weighted by atomic mass is 10.2. The van der Waals surface area contributed by atoms with Crippen LogP contribution in [0.3, 0.4) is 0 Å². The van der Waals surface area contributed by atoms with Crippen LogP contribution in [-0.4, -0.2) is 42.8 Å². The van der Waals surface area contributed by atoms with E-state index in [9.17, 15) is 4.79 Å². The van der Waals surface area contributed by atoms with Crippen molar-refractivity contribution >= 4 is 6.03 Å². The fraction of sp³-hybridized carbons (Fsp3) is 0.923. The number of ether oxygens (including phenoxy) is 1. The first-order valence-corrected chi connectivity index (χ1v) is 6.71. The maximum absolute atomic E-state index is 12.2. The summed E-state index contributed by atoms with van der Waals surface area (Å²) in [5.74, 6) is 0.735. The van der Waals surface area contributed by atoms with E-state index in [0.29, 0.717) is 18.7 Å². The van der Waals surface area contributed by atoms with E-state index >= 15 is 0 Å². The number of amides is 2. The largest absolute Gasteiger partial charge is 0.383 e. The molecule has 0 saturated heterocycles. The van der Waals surface area contributed by atoms with Gasteiger partial charge in [0.05, 0.1) is 12.6 Å². The third-order valence-corrected chi connectivity index (χ3v) is 3.70. The lowest BCUT2D eigenvalue weighted by molar-refractivity contribution is 0.144. The average Bonchev–Trinajstić information content (AvgIpc) is 3.13.